The first kappa shape index (κ1) is 52.9. The van der Waals surface area contributed by atoms with Crippen LogP contribution in [-0.4, -0.2) is 68.6 Å². The zero-order valence-corrected chi connectivity index (χ0v) is 38.7. The number of amides is 2. The van der Waals surface area contributed by atoms with Crippen molar-refractivity contribution in [3.8, 4) is 0 Å². The van der Waals surface area contributed by atoms with E-state index in [9.17, 15) is 63.1 Å². The summed E-state index contributed by atoms with van der Waals surface area (Å²) in [6, 6.07) is 20.1. The van der Waals surface area contributed by atoms with E-state index in [0.717, 1.165) is 24.3 Å². The lowest BCUT2D eigenvalue weighted by Gasteiger charge is -2.21. The van der Waals surface area contributed by atoms with Crippen LogP contribution in [0.4, 0.5) is 55.5 Å². The number of esters is 1. The van der Waals surface area contributed by atoms with Gasteiger partial charge in [0.25, 0.3) is 24.7 Å². The molecule has 24 heteroatoms. The molecule has 0 bridgehead atoms. The maximum Gasteiger partial charge on any atom is 0.416 e. The van der Waals surface area contributed by atoms with Gasteiger partial charge in [-0.3, -0.25) is 9.59 Å². The Kier molecular flexibility index (Phi) is 15.5. The number of halogens is 10. The van der Waals surface area contributed by atoms with Gasteiger partial charge in [0.15, 0.2) is 0 Å². The topological polar surface area (TPSA) is 164 Å². The van der Waals surface area contributed by atoms with Crippen LogP contribution in [0.2, 0.25) is 0 Å². The second-order valence-electron chi connectivity index (χ2n) is 16.9. The van der Waals surface area contributed by atoms with Crippen LogP contribution >= 0.6 is 0 Å². The number of aromatic carboxylic acids is 1. The molecule has 0 saturated heterocycles. The fourth-order valence-corrected chi connectivity index (χ4v) is 8.37. The molecular weight excluding hydrogens is 987 g/mol. The number of carboxylic acids is 1. The number of alkyl halides is 10. The van der Waals surface area contributed by atoms with E-state index in [1.807, 2.05) is 0 Å². The monoisotopic (exact) mass is 1030 g/mol. The van der Waals surface area contributed by atoms with Crippen LogP contribution in [0.3, 0.4) is 0 Å². The zero-order valence-electron chi connectivity index (χ0n) is 38.7. The molecule has 4 aromatic carbocycles. The van der Waals surface area contributed by atoms with Gasteiger partial charge >= 0.3 is 24.3 Å². The van der Waals surface area contributed by atoms with E-state index in [1.54, 1.807) is 35.8 Å². The summed E-state index contributed by atoms with van der Waals surface area (Å²) >= 11 is 0. The van der Waals surface area contributed by atoms with Gasteiger partial charge < -0.3 is 30.3 Å². The molecule has 2 aliphatic heterocycles. The molecule has 2 aliphatic rings. The van der Waals surface area contributed by atoms with E-state index in [0.29, 0.717) is 27.8 Å². The molecule has 0 aliphatic carbocycles. The van der Waals surface area contributed by atoms with E-state index in [2.05, 4.69) is 25.6 Å². The Bertz CT molecular complexity index is 2990. The summed E-state index contributed by atoms with van der Waals surface area (Å²) in [6.45, 7) is 4.14. The number of hydrogen-bond donors (Lipinski definition) is 3. The third-order valence-corrected chi connectivity index (χ3v) is 12.0. The molecule has 73 heavy (non-hydrogen) atoms. The summed E-state index contributed by atoms with van der Waals surface area (Å²) in [5, 5.41) is 22.2. The van der Waals surface area contributed by atoms with Crippen molar-refractivity contribution in [1.29, 1.82) is 0 Å². The predicted octanol–water partition coefficient (Wildman–Crippen LogP) is 10.2. The second-order valence-corrected chi connectivity index (χ2v) is 16.9. The van der Waals surface area contributed by atoms with E-state index < -0.39 is 83.6 Å². The number of methoxy groups -OCH3 is 1. The van der Waals surface area contributed by atoms with Gasteiger partial charge in [0.2, 0.25) is 0 Å². The highest BCUT2D eigenvalue weighted by molar-refractivity contribution is 6.01. The molecule has 8 rings (SSSR count). The Morgan fingerprint density at radius 2 is 0.986 bits per heavy atom. The van der Waals surface area contributed by atoms with Gasteiger partial charge in [0.1, 0.15) is 34.2 Å². The standard InChI is InChI=1S/C25H23F5N4O3.C24H21F5N4O3/c1-14(16-6-8-17(9-7-16)24(36)37-2)31-22(35)19-20(21(26)27)32-34-11-10-33(23(19)34)13-15-4-3-5-18(12-15)25(28,29)30;1-13(15-5-7-16(8-6-15)23(35)36)30-21(34)18-19(20(25)26)31-33-10-9-32(22(18)33)12-14-3-2-4-17(11-14)24(27,28)29/h3-9,12,14,21H,10-11,13H2,1-2H3,(H,31,35);2-8,11,13,20H,9-10,12H2,1H3,(H,30,34)(H,35,36)/t14-;13-/m00/s1. The molecular formula is C49H44F10N8O6. The lowest BCUT2D eigenvalue weighted by molar-refractivity contribution is -0.138. The van der Waals surface area contributed by atoms with Crippen LogP contribution in [0.1, 0.15) is 125 Å². The summed E-state index contributed by atoms with van der Waals surface area (Å²) in [6.07, 6.45) is -15.1. The lowest BCUT2D eigenvalue weighted by Crippen LogP contribution is -2.30. The summed E-state index contributed by atoms with van der Waals surface area (Å²) in [4.78, 5) is 52.2. The number of ether oxygens (including phenoxy) is 1. The minimum atomic E-state index is -4.53. The van der Waals surface area contributed by atoms with Crippen molar-refractivity contribution in [2.24, 2.45) is 0 Å². The van der Waals surface area contributed by atoms with Crippen LogP contribution in [0.25, 0.3) is 0 Å². The SMILES string of the molecule is COC(=O)c1ccc([C@H](C)NC(=O)c2c(C(F)F)nn3c2N(Cc2cccc(C(F)(F)F)c2)CC3)cc1.C[C@H](NC(=O)c1c(C(F)F)nn2c1N(Cc1cccc(C(F)(F)F)c1)CC2)c1ccc(C(=O)O)cc1. The first-order valence-corrected chi connectivity index (χ1v) is 22.2. The fraction of sp³-hybridized carbons (Fsp3) is 0.306. The quantitative estimate of drug-likeness (QED) is 0.0707. The Hall–Kier alpha value is -7.92. The highest BCUT2D eigenvalue weighted by Crippen LogP contribution is 2.38. The van der Waals surface area contributed by atoms with Crippen molar-refractivity contribution in [2.75, 3.05) is 30.0 Å². The van der Waals surface area contributed by atoms with Crippen LogP contribution in [0, 0.1) is 0 Å². The number of nitrogens with one attached hydrogen (secondary N) is 2. The second kappa shape index (κ2) is 21.4. The van der Waals surface area contributed by atoms with Crippen LogP contribution in [-0.2, 0) is 43.3 Å². The number of nitrogens with zero attached hydrogens (tertiary/aromatic N) is 6. The Labute approximate surface area is 409 Å². The average molecular weight is 1030 g/mol. The number of benzene rings is 4. The summed E-state index contributed by atoms with van der Waals surface area (Å²) < 4.78 is 141. The van der Waals surface area contributed by atoms with Crippen molar-refractivity contribution in [1.82, 2.24) is 30.2 Å². The number of carbonyl (C=O) groups excluding carboxylic acids is 3. The minimum Gasteiger partial charge on any atom is -0.478 e. The number of anilines is 2. The maximum atomic E-state index is 13.9. The third-order valence-electron chi connectivity index (χ3n) is 12.0. The maximum absolute atomic E-state index is 13.9. The molecule has 2 aromatic heterocycles. The van der Waals surface area contributed by atoms with Gasteiger partial charge in [-0.05, 0) is 84.6 Å². The van der Waals surface area contributed by atoms with Crippen LogP contribution in [0.15, 0.2) is 97.1 Å². The largest absolute Gasteiger partial charge is 0.478 e. The van der Waals surface area contributed by atoms with Crippen molar-refractivity contribution >= 4 is 35.4 Å². The number of fused-ring (bicyclic) bond motifs is 2. The number of carboxylic acid groups (broad SMARTS) is 1. The molecule has 2 atom stereocenters. The molecule has 0 radical (unpaired) electrons. The van der Waals surface area contributed by atoms with E-state index in [4.69, 9.17) is 5.11 Å². The molecule has 6 aromatic rings. The lowest BCUT2D eigenvalue weighted by atomic mass is 10.1. The van der Waals surface area contributed by atoms with Gasteiger partial charge in [-0.15, -0.1) is 0 Å². The zero-order chi connectivity index (χ0) is 53.1. The summed E-state index contributed by atoms with van der Waals surface area (Å²) in [5.41, 5.74) is -1.59. The average Bonchev–Trinajstić information content (AvgIpc) is 4.13. The molecule has 3 N–H and O–H groups in total. The molecule has 0 saturated carbocycles. The number of rotatable bonds is 14. The first-order valence-electron chi connectivity index (χ1n) is 22.2. The Morgan fingerprint density at radius 3 is 1.33 bits per heavy atom. The number of carbonyl (C=O) groups is 4. The van der Waals surface area contributed by atoms with Crippen molar-refractivity contribution in [3.05, 3.63) is 164 Å². The number of hydrogen-bond acceptors (Lipinski definition) is 9. The van der Waals surface area contributed by atoms with E-state index in [1.165, 1.54) is 77.1 Å². The van der Waals surface area contributed by atoms with E-state index >= 15 is 0 Å². The summed E-state index contributed by atoms with van der Waals surface area (Å²) in [7, 11) is 1.25. The van der Waals surface area contributed by atoms with Gasteiger partial charge in [0.05, 0.1) is 54.5 Å². The molecule has 4 heterocycles. The molecule has 386 valence electrons. The van der Waals surface area contributed by atoms with Crippen molar-refractivity contribution < 1.29 is 72.9 Å². The number of aromatic nitrogens is 4. The van der Waals surface area contributed by atoms with Crippen molar-refractivity contribution in [3.63, 3.8) is 0 Å². The molecule has 2 amide bonds. The normalized spacial score (nSPS) is 14.1. The highest BCUT2D eigenvalue weighted by Gasteiger charge is 2.38. The van der Waals surface area contributed by atoms with Crippen LogP contribution in [0.5, 0.6) is 0 Å². The fourth-order valence-electron chi connectivity index (χ4n) is 8.37. The molecule has 14 nitrogen and oxygen atoms in total. The molecule has 0 spiro atoms. The highest BCUT2D eigenvalue weighted by atomic mass is 19.4. The minimum absolute atomic E-state index is 0.0247. The smallest absolute Gasteiger partial charge is 0.416 e. The Morgan fingerprint density at radius 1 is 0.603 bits per heavy atom. The van der Waals surface area contributed by atoms with Gasteiger partial charge in [-0.2, -0.15) is 36.5 Å². The first-order chi connectivity index (χ1) is 34.4. The Balaban J connectivity index is 0.000000214. The van der Waals surface area contributed by atoms with Gasteiger partial charge in [-0.25, -0.2) is 36.5 Å². The van der Waals surface area contributed by atoms with Crippen molar-refractivity contribution in [2.45, 2.75) is 77.3 Å². The third kappa shape index (κ3) is 11.9. The van der Waals surface area contributed by atoms with E-state index in [-0.39, 0.29) is 67.6 Å². The molecule has 0 unspecified atom stereocenters. The van der Waals surface area contributed by atoms with Crippen LogP contribution < -0.4 is 20.4 Å². The molecule has 0 fully saturated rings. The van der Waals surface area contributed by atoms with Gasteiger partial charge in [0, 0.05) is 26.2 Å². The van der Waals surface area contributed by atoms with Gasteiger partial charge in [-0.1, -0.05) is 48.5 Å². The predicted molar refractivity (Wildman–Crippen MR) is 242 cm³/mol. The summed E-state index contributed by atoms with van der Waals surface area (Å²) in [5.74, 6) is -3.03.